The van der Waals surface area contributed by atoms with E-state index < -0.39 is 16.1 Å². The van der Waals surface area contributed by atoms with E-state index in [0.29, 0.717) is 32.8 Å². The van der Waals surface area contributed by atoms with Gasteiger partial charge in [0.2, 0.25) is 15.9 Å². The summed E-state index contributed by atoms with van der Waals surface area (Å²) in [5.74, 6) is 0.269. The van der Waals surface area contributed by atoms with Crippen molar-refractivity contribution in [2.75, 3.05) is 38.5 Å². The lowest BCUT2D eigenvalue weighted by molar-refractivity contribution is -0.124. The van der Waals surface area contributed by atoms with Crippen molar-refractivity contribution < 1.29 is 13.2 Å². The van der Waals surface area contributed by atoms with E-state index in [1.54, 1.807) is 18.3 Å². The normalized spacial score (nSPS) is 15.3. The number of piperazine rings is 1. The van der Waals surface area contributed by atoms with Gasteiger partial charge in [-0.3, -0.25) is 9.69 Å². The summed E-state index contributed by atoms with van der Waals surface area (Å²) in [4.78, 5) is 29.9. The molecule has 1 saturated heterocycles. The van der Waals surface area contributed by atoms with E-state index >= 15 is 0 Å². The fourth-order valence-corrected chi connectivity index (χ4v) is 7.08. The van der Waals surface area contributed by atoms with Crippen LogP contribution in [0.2, 0.25) is 0 Å². The minimum absolute atomic E-state index is 0.00158. The van der Waals surface area contributed by atoms with Gasteiger partial charge < -0.3 is 25.5 Å². The summed E-state index contributed by atoms with van der Waals surface area (Å²) in [6, 6.07) is 14.0. The number of amides is 1. The second kappa shape index (κ2) is 12.3. The number of aromatic amines is 1. The number of hydrogen-bond acceptors (Lipinski definition) is 8. The Morgan fingerprint density at radius 3 is 2.50 bits per heavy atom. The SMILES string of the molecule is Cc1ccc(C(C(N)=O)N2CCN(C)CC2)cc1-n1c(C)cc(-c2nc3ncc(Br)c(Nc4cccc(S(N)(=O)=O)c4)c3[nH]2)c1C. The lowest BCUT2D eigenvalue weighted by Crippen LogP contribution is -2.49. The van der Waals surface area contributed by atoms with Gasteiger partial charge in [0.25, 0.3) is 0 Å². The van der Waals surface area contributed by atoms with E-state index in [1.807, 2.05) is 26.0 Å². The molecule has 2 aromatic carbocycles. The standard InChI is InChI=1S/C32H36BrN9O3S/c1-18-8-9-21(29(30(34)43)41-12-10-40(4)11-13-41)15-26(18)42-19(2)14-24(20(42)3)31-38-28-27(25(33)17-36-32(28)39-31)37-22-6-5-7-23(16-22)46(35,44)45/h5-9,14-17,29H,10-13H2,1-4H3,(H2,34,43)(H2,35,44,45)(H2,36,37,38,39). The van der Waals surface area contributed by atoms with Gasteiger partial charge in [0.05, 0.1) is 15.1 Å². The largest absolute Gasteiger partial charge is 0.368 e. The van der Waals surface area contributed by atoms with E-state index in [4.69, 9.17) is 15.9 Å². The lowest BCUT2D eigenvalue weighted by Gasteiger charge is -2.37. The van der Waals surface area contributed by atoms with Crippen molar-refractivity contribution in [3.05, 3.63) is 81.7 Å². The number of H-pyrrole nitrogens is 1. The Morgan fingerprint density at radius 2 is 1.80 bits per heavy atom. The minimum Gasteiger partial charge on any atom is -0.368 e. The molecule has 1 unspecified atom stereocenters. The zero-order valence-electron chi connectivity index (χ0n) is 26.0. The van der Waals surface area contributed by atoms with Gasteiger partial charge in [-0.15, -0.1) is 0 Å². The van der Waals surface area contributed by atoms with Gasteiger partial charge in [-0.25, -0.2) is 23.5 Å². The van der Waals surface area contributed by atoms with Gasteiger partial charge in [-0.05, 0) is 85.2 Å². The first-order valence-electron chi connectivity index (χ1n) is 14.8. The summed E-state index contributed by atoms with van der Waals surface area (Å²) >= 11 is 3.57. The third-order valence-electron chi connectivity index (χ3n) is 8.55. The van der Waals surface area contributed by atoms with E-state index in [-0.39, 0.29) is 10.8 Å². The van der Waals surface area contributed by atoms with Crippen LogP contribution in [-0.4, -0.2) is 76.9 Å². The topological polar surface area (TPSA) is 168 Å². The smallest absolute Gasteiger partial charge is 0.239 e. The average molecular weight is 707 g/mol. The van der Waals surface area contributed by atoms with Crippen LogP contribution in [0, 0.1) is 20.8 Å². The van der Waals surface area contributed by atoms with Crippen LogP contribution in [0.15, 0.2) is 64.1 Å². The number of rotatable bonds is 8. The zero-order chi connectivity index (χ0) is 32.9. The molecular formula is C32H36BrN9O3S. The lowest BCUT2D eigenvalue weighted by atomic mass is 10.0. The number of primary sulfonamides is 1. The Balaban J connectivity index is 1.38. The zero-order valence-corrected chi connectivity index (χ0v) is 28.4. The highest BCUT2D eigenvalue weighted by atomic mass is 79.9. The van der Waals surface area contributed by atoms with Gasteiger partial charge in [0.15, 0.2) is 5.65 Å². The van der Waals surface area contributed by atoms with Crippen molar-refractivity contribution in [3.63, 3.8) is 0 Å². The molecule has 0 spiro atoms. The summed E-state index contributed by atoms with van der Waals surface area (Å²) in [6.45, 7) is 9.42. The molecule has 12 nitrogen and oxygen atoms in total. The van der Waals surface area contributed by atoms with Crippen LogP contribution >= 0.6 is 15.9 Å². The predicted octanol–water partition coefficient (Wildman–Crippen LogP) is 4.27. The van der Waals surface area contributed by atoms with Crippen LogP contribution in [0.5, 0.6) is 0 Å². The van der Waals surface area contributed by atoms with E-state index in [2.05, 4.69) is 71.7 Å². The summed E-state index contributed by atoms with van der Waals surface area (Å²) in [5, 5.41) is 8.63. The van der Waals surface area contributed by atoms with Crippen LogP contribution in [0.4, 0.5) is 11.4 Å². The van der Waals surface area contributed by atoms with Crippen molar-refractivity contribution in [1.29, 1.82) is 0 Å². The number of carbonyl (C=O) groups is 1. The highest BCUT2D eigenvalue weighted by Gasteiger charge is 2.29. The molecule has 6 rings (SSSR count). The Kier molecular flexibility index (Phi) is 8.50. The molecule has 0 radical (unpaired) electrons. The number of carbonyl (C=O) groups excluding carboxylic acids is 1. The Morgan fingerprint density at radius 1 is 1.07 bits per heavy atom. The van der Waals surface area contributed by atoms with E-state index in [0.717, 1.165) is 59.9 Å². The fraction of sp³-hybridized carbons (Fsp3) is 0.281. The van der Waals surface area contributed by atoms with Gasteiger partial charge in [0.1, 0.15) is 17.4 Å². The van der Waals surface area contributed by atoms with Gasteiger partial charge in [-0.2, -0.15) is 0 Å². The number of primary amides is 1. The molecule has 0 bridgehead atoms. The molecule has 1 atom stereocenters. The second-order valence-corrected chi connectivity index (χ2v) is 14.2. The number of halogens is 1. The van der Waals surface area contributed by atoms with Gasteiger partial charge >= 0.3 is 0 Å². The monoisotopic (exact) mass is 705 g/mol. The number of anilines is 2. The molecule has 5 aromatic rings. The van der Waals surface area contributed by atoms with Gasteiger partial charge in [-0.1, -0.05) is 18.2 Å². The van der Waals surface area contributed by atoms with Crippen LogP contribution in [0.1, 0.15) is 28.6 Å². The minimum atomic E-state index is -3.87. The Hall–Kier alpha value is -4.08. The Bertz CT molecular complexity index is 2080. The number of benzene rings is 2. The maximum absolute atomic E-state index is 12.8. The molecule has 6 N–H and O–H groups in total. The molecular weight excluding hydrogens is 670 g/mol. The molecule has 3 aromatic heterocycles. The number of nitrogens with two attached hydrogens (primary N) is 2. The van der Waals surface area contributed by atoms with Crippen molar-refractivity contribution >= 4 is 54.4 Å². The number of pyridine rings is 1. The number of likely N-dealkylation sites (N-methyl/N-ethyl adjacent to an activating group) is 1. The average Bonchev–Trinajstić information content (AvgIpc) is 3.56. The van der Waals surface area contributed by atoms with Crippen molar-refractivity contribution in [3.8, 4) is 17.1 Å². The highest BCUT2D eigenvalue weighted by Crippen LogP contribution is 2.36. The molecule has 0 saturated carbocycles. The molecule has 1 aliphatic heterocycles. The molecule has 4 heterocycles. The highest BCUT2D eigenvalue weighted by molar-refractivity contribution is 9.10. The van der Waals surface area contributed by atoms with E-state index in [9.17, 15) is 13.2 Å². The van der Waals surface area contributed by atoms with Crippen molar-refractivity contribution in [2.45, 2.75) is 31.7 Å². The predicted molar refractivity (Wildman–Crippen MR) is 183 cm³/mol. The number of aromatic nitrogens is 4. The van der Waals surface area contributed by atoms with E-state index in [1.165, 1.54) is 12.1 Å². The quantitative estimate of drug-likeness (QED) is 0.186. The molecule has 1 amide bonds. The van der Waals surface area contributed by atoms with Crippen LogP contribution in [0.25, 0.3) is 28.2 Å². The van der Waals surface area contributed by atoms with Crippen LogP contribution < -0.4 is 16.2 Å². The summed E-state index contributed by atoms with van der Waals surface area (Å²) in [6.07, 6.45) is 1.65. The number of aryl methyl sites for hydroxylation is 2. The summed E-state index contributed by atoms with van der Waals surface area (Å²) < 4.78 is 26.7. The number of hydrogen-bond donors (Lipinski definition) is 4. The van der Waals surface area contributed by atoms with Crippen molar-refractivity contribution in [2.24, 2.45) is 10.9 Å². The molecule has 0 aliphatic carbocycles. The summed E-state index contributed by atoms with van der Waals surface area (Å²) in [7, 11) is -1.79. The molecule has 1 fully saturated rings. The first-order valence-corrected chi connectivity index (χ1v) is 17.1. The number of imidazole rings is 1. The number of sulfonamides is 1. The Labute approximate surface area is 276 Å². The number of fused-ring (bicyclic) bond motifs is 1. The molecule has 14 heteroatoms. The third kappa shape index (κ3) is 6.06. The maximum atomic E-state index is 12.8. The van der Waals surface area contributed by atoms with Crippen LogP contribution in [-0.2, 0) is 14.8 Å². The summed E-state index contributed by atoms with van der Waals surface area (Å²) in [5.41, 5.74) is 14.0. The first kappa shape index (κ1) is 31.9. The molecule has 1 aliphatic rings. The third-order valence-corrected chi connectivity index (χ3v) is 10.1. The van der Waals surface area contributed by atoms with Crippen LogP contribution in [0.3, 0.4) is 0 Å². The second-order valence-electron chi connectivity index (χ2n) is 11.8. The first-order chi connectivity index (χ1) is 21.8. The van der Waals surface area contributed by atoms with Crippen molar-refractivity contribution in [1.82, 2.24) is 29.3 Å². The fourth-order valence-electron chi connectivity index (χ4n) is 6.12. The van der Waals surface area contributed by atoms with Gasteiger partial charge in [0, 0.05) is 60.7 Å². The molecule has 240 valence electrons. The molecule has 46 heavy (non-hydrogen) atoms. The number of nitrogens with zero attached hydrogens (tertiary/aromatic N) is 5. The maximum Gasteiger partial charge on any atom is 0.239 e. The number of nitrogens with one attached hydrogen (secondary N) is 2.